The summed E-state index contributed by atoms with van der Waals surface area (Å²) in [5.41, 5.74) is 6.09. The predicted octanol–water partition coefficient (Wildman–Crippen LogP) is 0.622. The molecule has 0 bridgehead atoms. The second-order valence-electron chi connectivity index (χ2n) is 5.94. The van der Waals surface area contributed by atoms with Gasteiger partial charge in [0.25, 0.3) is 0 Å². The van der Waals surface area contributed by atoms with Crippen LogP contribution < -0.4 is 5.73 Å². The molecule has 5 unspecified atom stereocenters. The Morgan fingerprint density at radius 2 is 1.74 bits per heavy atom. The Morgan fingerprint density at radius 1 is 1.16 bits per heavy atom. The van der Waals surface area contributed by atoms with E-state index in [-0.39, 0.29) is 30.1 Å². The minimum absolute atomic E-state index is 0.00913. The van der Waals surface area contributed by atoms with E-state index < -0.39 is 0 Å². The molecule has 1 heterocycles. The van der Waals surface area contributed by atoms with E-state index in [2.05, 4.69) is 6.92 Å². The van der Waals surface area contributed by atoms with Gasteiger partial charge in [0.15, 0.2) is 0 Å². The van der Waals surface area contributed by atoms with Crippen LogP contribution in [0.5, 0.6) is 0 Å². The lowest BCUT2D eigenvalue weighted by Gasteiger charge is -2.33. The van der Waals surface area contributed by atoms with Crippen molar-refractivity contribution in [2.75, 3.05) is 27.3 Å². The zero-order valence-corrected chi connectivity index (χ0v) is 12.2. The maximum atomic E-state index is 12.5. The molecule has 2 N–H and O–H groups in total. The van der Waals surface area contributed by atoms with Crippen molar-refractivity contribution < 1.29 is 14.3 Å². The average Bonchev–Trinajstić information content (AvgIpc) is 2.84. The van der Waals surface area contributed by atoms with E-state index in [1.165, 1.54) is 0 Å². The van der Waals surface area contributed by atoms with Crippen molar-refractivity contribution in [2.45, 2.75) is 44.4 Å². The lowest BCUT2D eigenvalue weighted by molar-refractivity contribution is -0.136. The first-order chi connectivity index (χ1) is 9.06. The molecule has 0 aromatic heterocycles. The van der Waals surface area contributed by atoms with Gasteiger partial charge in [-0.05, 0) is 25.2 Å². The molecule has 1 aliphatic carbocycles. The van der Waals surface area contributed by atoms with Crippen LogP contribution >= 0.6 is 0 Å². The molecule has 5 heteroatoms. The van der Waals surface area contributed by atoms with E-state index in [0.29, 0.717) is 19.0 Å². The van der Waals surface area contributed by atoms with Crippen LogP contribution in [0.1, 0.15) is 26.2 Å². The second kappa shape index (κ2) is 6.20. The quantitative estimate of drug-likeness (QED) is 0.816. The van der Waals surface area contributed by atoms with Gasteiger partial charge in [0.2, 0.25) is 5.91 Å². The number of amides is 1. The fraction of sp³-hybridized carbons (Fsp3) is 0.929. The Kier molecular flexibility index (Phi) is 4.81. The third-order valence-corrected chi connectivity index (χ3v) is 4.74. The van der Waals surface area contributed by atoms with Gasteiger partial charge in [-0.15, -0.1) is 0 Å². The Labute approximate surface area is 115 Å². The molecule has 5 nitrogen and oxygen atoms in total. The molecule has 2 aliphatic rings. The van der Waals surface area contributed by atoms with Gasteiger partial charge in [0, 0.05) is 39.3 Å². The molecule has 0 spiro atoms. The zero-order chi connectivity index (χ0) is 14.0. The Hall–Kier alpha value is -0.650. The first kappa shape index (κ1) is 14.8. The van der Waals surface area contributed by atoms with Crippen LogP contribution in [0.4, 0.5) is 0 Å². The summed E-state index contributed by atoms with van der Waals surface area (Å²) < 4.78 is 10.8. The van der Waals surface area contributed by atoms with Crippen LogP contribution in [0.15, 0.2) is 0 Å². The molecule has 1 aliphatic heterocycles. The molecule has 0 aromatic rings. The fourth-order valence-electron chi connectivity index (χ4n) is 3.22. The van der Waals surface area contributed by atoms with Gasteiger partial charge in [-0.2, -0.15) is 0 Å². The summed E-state index contributed by atoms with van der Waals surface area (Å²) in [7, 11) is 3.34. The summed E-state index contributed by atoms with van der Waals surface area (Å²) in [6.07, 6.45) is 2.80. The third kappa shape index (κ3) is 3.09. The first-order valence-corrected chi connectivity index (χ1v) is 7.16. The van der Waals surface area contributed by atoms with Crippen LogP contribution in [-0.4, -0.2) is 56.4 Å². The highest BCUT2D eigenvalue weighted by Gasteiger charge is 2.39. The summed E-state index contributed by atoms with van der Waals surface area (Å²) in [4.78, 5) is 14.4. The lowest BCUT2D eigenvalue weighted by Crippen LogP contribution is -2.43. The summed E-state index contributed by atoms with van der Waals surface area (Å²) in [6, 6.07) is 0.154. The summed E-state index contributed by atoms with van der Waals surface area (Å²) in [5.74, 6) is 0.837. The van der Waals surface area contributed by atoms with Crippen LogP contribution in [0, 0.1) is 11.8 Å². The summed E-state index contributed by atoms with van der Waals surface area (Å²) in [5, 5.41) is 0. The molecule has 1 amide bonds. The number of methoxy groups -OCH3 is 2. The molecule has 110 valence electrons. The lowest BCUT2D eigenvalue weighted by atomic mass is 9.79. The van der Waals surface area contributed by atoms with Gasteiger partial charge in [0.05, 0.1) is 0 Å². The van der Waals surface area contributed by atoms with E-state index in [1.807, 2.05) is 4.90 Å². The van der Waals surface area contributed by atoms with E-state index in [1.54, 1.807) is 14.2 Å². The number of likely N-dealkylation sites (tertiary alicyclic amines) is 1. The van der Waals surface area contributed by atoms with Gasteiger partial charge in [-0.1, -0.05) is 6.92 Å². The fourth-order valence-corrected chi connectivity index (χ4v) is 3.22. The summed E-state index contributed by atoms with van der Waals surface area (Å²) in [6.45, 7) is 3.44. The topological polar surface area (TPSA) is 64.8 Å². The van der Waals surface area contributed by atoms with Crippen LogP contribution in [0.2, 0.25) is 0 Å². The van der Waals surface area contributed by atoms with Gasteiger partial charge in [-0.3, -0.25) is 4.79 Å². The molecule has 1 saturated carbocycles. The van der Waals surface area contributed by atoms with Crippen molar-refractivity contribution in [3.05, 3.63) is 0 Å². The Morgan fingerprint density at radius 3 is 2.21 bits per heavy atom. The van der Waals surface area contributed by atoms with Crippen molar-refractivity contribution >= 4 is 5.91 Å². The number of carbonyl (C=O) groups is 1. The highest BCUT2D eigenvalue weighted by Crippen LogP contribution is 2.30. The predicted molar refractivity (Wildman–Crippen MR) is 72.7 cm³/mol. The molecule has 0 radical (unpaired) electrons. The Bertz CT molecular complexity index is 312. The van der Waals surface area contributed by atoms with Crippen molar-refractivity contribution in [3.8, 4) is 0 Å². The Balaban J connectivity index is 1.94. The van der Waals surface area contributed by atoms with E-state index >= 15 is 0 Å². The van der Waals surface area contributed by atoms with Crippen molar-refractivity contribution in [2.24, 2.45) is 17.6 Å². The normalized spacial score (nSPS) is 39.6. The maximum Gasteiger partial charge on any atom is 0.225 e. The minimum Gasteiger partial charge on any atom is -0.377 e. The van der Waals surface area contributed by atoms with Gasteiger partial charge >= 0.3 is 0 Å². The SMILES string of the molecule is COC1CN(C(=O)C2CCC(C)C(N)C2)CC1OC. The molecule has 19 heavy (non-hydrogen) atoms. The van der Waals surface area contributed by atoms with Crippen LogP contribution in [0.25, 0.3) is 0 Å². The second-order valence-corrected chi connectivity index (χ2v) is 5.94. The minimum atomic E-state index is -0.00913. The number of hydrogen-bond donors (Lipinski definition) is 1. The number of hydrogen-bond acceptors (Lipinski definition) is 4. The van der Waals surface area contributed by atoms with Gasteiger partial charge in [-0.25, -0.2) is 0 Å². The third-order valence-electron chi connectivity index (χ3n) is 4.74. The summed E-state index contributed by atoms with van der Waals surface area (Å²) >= 11 is 0. The average molecular weight is 270 g/mol. The molecule has 0 aromatic carbocycles. The number of nitrogens with zero attached hydrogens (tertiary/aromatic N) is 1. The number of carbonyl (C=O) groups excluding carboxylic acids is 1. The molecule has 1 saturated heterocycles. The molecule has 2 rings (SSSR count). The molecule has 5 atom stereocenters. The van der Waals surface area contributed by atoms with Crippen LogP contribution in [-0.2, 0) is 14.3 Å². The molecule has 2 fully saturated rings. The van der Waals surface area contributed by atoms with Crippen LogP contribution in [0.3, 0.4) is 0 Å². The zero-order valence-electron chi connectivity index (χ0n) is 12.2. The largest absolute Gasteiger partial charge is 0.377 e. The van der Waals surface area contributed by atoms with E-state index in [4.69, 9.17) is 15.2 Å². The van der Waals surface area contributed by atoms with Crippen molar-refractivity contribution in [1.29, 1.82) is 0 Å². The highest BCUT2D eigenvalue weighted by atomic mass is 16.5. The number of nitrogens with two attached hydrogens (primary N) is 1. The smallest absolute Gasteiger partial charge is 0.225 e. The molecular formula is C14H26N2O3. The van der Waals surface area contributed by atoms with Crippen molar-refractivity contribution in [1.82, 2.24) is 4.90 Å². The number of ether oxygens (including phenoxy) is 2. The van der Waals surface area contributed by atoms with Gasteiger partial charge in [0.1, 0.15) is 12.2 Å². The number of rotatable bonds is 3. The first-order valence-electron chi connectivity index (χ1n) is 7.16. The monoisotopic (exact) mass is 270 g/mol. The van der Waals surface area contributed by atoms with Gasteiger partial charge < -0.3 is 20.1 Å². The van der Waals surface area contributed by atoms with E-state index in [0.717, 1.165) is 19.3 Å². The highest BCUT2D eigenvalue weighted by molar-refractivity contribution is 5.79. The van der Waals surface area contributed by atoms with Crippen molar-refractivity contribution in [3.63, 3.8) is 0 Å². The standard InChI is InChI=1S/C14H26N2O3/c1-9-4-5-10(6-11(9)15)14(17)16-7-12(18-2)13(8-16)19-3/h9-13H,4-8,15H2,1-3H3. The molecular weight excluding hydrogens is 244 g/mol. The van der Waals surface area contributed by atoms with E-state index in [9.17, 15) is 4.79 Å². The maximum absolute atomic E-state index is 12.5.